The Hall–Kier alpha value is -3.33. The van der Waals surface area contributed by atoms with Gasteiger partial charge in [-0.1, -0.05) is 87.5 Å². The molecule has 1 radical (unpaired) electrons. The van der Waals surface area contributed by atoms with Crippen molar-refractivity contribution < 1.29 is 20.1 Å². The van der Waals surface area contributed by atoms with Gasteiger partial charge in [-0.3, -0.25) is 0 Å². The van der Waals surface area contributed by atoms with Crippen molar-refractivity contribution in [2.24, 2.45) is 0 Å². The summed E-state index contributed by atoms with van der Waals surface area (Å²) in [4.78, 5) is 0. The summed E-state index contributed by atoms with van der Waals surface area (Å²) in [6.45, 7) is 6.69. The van der Waals surface area contributed by atoms with Crippen molar-refractivity contribution in [1.29, 1.82) is 0 Å². The molecule has 1 heterocycles. The second-order valence-electron chi connectivity index (χ2n) is 9.17. The number of hydrogen-bond acceptors (Lipinski definition) is 2. The second-order valence-corrected chi connectivity index (χ2v) is 9.17. The van der Waals surface area contributed by atoms with Gasteiger partial charge in [-0.05, 0) is 34.2 Å². The fraction of sp³-hybridized carbons (Fsp3) is 0.133. The van der Waals surface area contributed by atoms with E-state index in [-0.39, 0.29) is 25.5 Å². The Morgan fingerprint density at radius 3 is 1.91 bits per heavy atom. The third-order valence-electron chi connectivity index (χ3n) is 5.86. The van der Waals surface area contributed by atoms with Crippen molar-refractivity contribution in [3.8, 4) is 39.6 Å². The van der Waals surface area contributed by atoms with Gasteiger partial charge in [0.15, 0.2) is 5.82 Å². The first kappa shape index (κ1) is 23.8. The van der Waals surface area contributed by atoms with Crippen molar-refractivity contribution in [2.75, 3.05) is 0 Å². The third kappa shape index (κ3) is 4.65. The maximum absolute atomic E-state index is 4.69. The van der Waals surface area contributed by atoms with E-state index in [2.05, 4.69) is 114 Å². The van der Waals surface area contributed by atoms with E-state index in [1.165, 1.54) is 5.56 Å². The van der Waals surface area contributed by atoms with Gasteiger partial charge in [0, 0.05) is 31.4 Å². The summed E-state index contributed by atoms with van der Waals surface area (Å²) in [6.07, 6.45) is 0. The molecule has 0 N–H and O–H groups in total. The standard InChI is InChI=1S/C30H26N3.Ir/c1-30(2,3)24-18-20-25(21-19-24)33-28(23-14-8-5-9-15-23)31-32-29(33)27-17-11-10-16-26(27)22-12-6-4-7-13-22;/h4-14,16-21H,1-3H3;/q-1;. The van der Waals surface area contributed by atoms with E-state index < -0.39 is 0 Å². The molecule has 0 aliphatic heterocycles. The van der Waals surface area contributed by atoms with E-state index in [4.69, 9.17) is 0 Å². The summed E-state index contributed by atoms with van der Waals surface area (Å²) in [5, 5.41) is 9.32. The molecule has 0 atom stereocenters. The Morgan fingerprint density at radius 2 is 1.26 bits per heavy atom. The van der Waals surface area contributed by atoms with Crippen LogP contribution in [0.2, 0.25) is 0 Å². The molecule has 0 spiro atoms. The van der Waals surface area contributed by atoms with Crippen LogP contribution in [0.15, 0.2) is 103 Å². The van der Waals surface area contributed by atoms with Crippen LogP contribution < -0.4 is 0 Å². The zero-order chi connectivity index (χ0) is 22.8. The average molecular weight is 621 g/mol. The predicted molar refractivity (Wildman–Crippen MR) is 135 cm³/mol. The minimum Gasteiger partial charge on any atom is -0.316 e. The maximum Gasteiger partial charge on any atom is 0.160 e. The number of benzene rings is 4. The number of rotatable bonds is 4. The van der Waals surface area contributed by atoms with Crippen molar-refractivity contribution in [3.63, 3.8) is 0 Å². The molecule has 0 amide bonds. The molecule has 0 unspecified atom stereocenters. The molecule has 4 heteroatoms. The molecule has 171 valence electrons. The van der Waals surface area contributed by atoms with Gasteiger partial charge in [0.1, 0.15) is 0 Å². The summed E-state index contributed by atoms with van der Waals surface area (Å²) in [5.74, 6) is 1.59. The van der Waals surface area contributed by atoms with E-state index in [1.807, 2.05) is 30.3 Å². The molecule has 34 heavy (non-hydrogen) atoms. The topological polar surface area (TPSA) is 30.7 Å². The van der Waals surface area contributed by atoms with E-state index in [1.54, 1.807) is 0 Å². The smallest absolute Gasteiger partial charge is 0.160 e. The van der Waals surface area contributed by atoms with Gasteiger partial charge in [0.05, 0.1) is 5.82 Å². The van der Waals surface area contributed by atoms with E-state index in [0.717, 1.165) is 39.6 Å². The zero-order valence-electron chi connectivity index (χ0n) is 19.5. The van der Waals surface area contributed by atoms with Gasteiger partial charge in [-0.2, -0.15) is 5.10 Å². The predicted octanol–water partition coefficient (Wildman–Crippen LogP) is 7.36. The number of aromatic nitrogens is 3. The van der Waals surface area contributed by atoms with Crippen molar-refractivity contribution in [3.05, 3.63) is 115 Å². The van der Waals surface area contributed by atoms with Crippen LogP contribution in [0.3, 0.4) is 0 Å². The molecule has 5 rings (SSSR count). The summed E-state index contributed by atoms with van der Waals surface area (Å²) in [5.41, 5.74) is 6.63. The van der Waals surface area contributed by atoms with Crippen LogP contribution >= 0.6 is 0 Å². The summed E-state index contributed by atoms with van der Waals surface area (Å²) in [7, 11) is 0. The zero-order valence-corrected chi connectivity index (χ0v) is 21.9. The van der Waals surface area contributed by atoms with Crippen LogP contribution in [0.5, 0.6) is 0 Å². The van der Waals surface area contributed by atoms with Gasteiger partial charge in [-0.25, -0.2) is 0 Å². The molecule has 0 saturated heterocycles. The SMILES string of the molecule is CC(C)(C)c1ccc(-n2c(-c3[c-]cccc3)nnc2-c2ccccc2-c2ccccc2)cc1.[Ir]. The summed E-state index contributed by atoms with van der Waals surface area (Å²) in [6, 6.07) is 38.7. The Kier molecular flexibility index (Phi) is 6.92. The van der Waals surface area contributed by atoms with Crippen molar-refractivity contribution >= 4 is 0 Å². The minimum absolute atomic E-state index is 0. The fourth-order valence-corrected chi connectivity index (χ4v) is 4.07. The maximum atomic E-state index is 4.69. The molecule has 5 aromatic rings. The molecular formula is C30H26IrN3-. The van der Waals surface area contributed by atoms with Crippen LogP contribution in [0.4, 0.5) is 0 Å². The third-order valence-corrected chi connectivity index (χ3v) is 5.86. The Morgan fingerprint density at radius 1 is 0.647 bits per heavy atom. The van der Waals surface area contributed by atoms with Crippen LogP contribution in [0, 0.1) is 6.07 Å². The molecule has 4 aromatic carbocycles. The van der Waals surface area contributed by atoms with Gasteiger partial charge >= 0.3 is 0 Å². The molecule has 0 fully saturated rings. The normalized spacial score (nSPS) is 11.1. The fourth-order valence-electron chi connectivity index (χ4n) is 4.07. The molecular weight excluding hydrogens is 595 g/mol. The number of nitrogens with zero attached hydrogens (tertiary/aromatic N) is 3. The Bertz CT molecular complexity index is 1370. The van der Waals surface area contributed by atoms with Gasteiger partial charge in [0.2, 0.25) is 0 Å². The summed E-state index contributed by atoms with van der Waals surface area (Å²) < 4.78 is 2.14. The molecule has 1 aromatic heterocycles. The molecule has 0 bridgehead atoms. The molecule has 3 nitrogen and oxygen atoms in total. The first-order chi connectivity index (χ1) is 16.0. The van der Waals surface area contributed by atoms with Gasteiger partial charge < -0.3 is 4.57 Å². The van der Waals surface area contributed by atoms with Crippen LogP contribution in [-0.2, 0) is 25.5 Å². The number of hydrogen-bond donors (Lipinski definition) is 0. The molecule has 0 aliphatic carbocycles. The van der Waals surface area contributed by atoms with E-state index >= 15 is 0 Å². The monoisotopic (exact) mass is 621 g/mol. The largest absolute Gasteiger partial charge is 0.316 e. The van der Waals surface area contributed by atoms with E-state index in [0.29, 0.717) is 0 Å². The van der Waals surface area contributed by atoms with Gasteiger partial charge in [0.25, 0.3) is 0 Å². The molecule has 0 aliphatic rings. The molecule has 0 saturated carbocycles. The Balaban J connectivity index is 0.00000274. The van der Waals surface area contributed by atoms with Crippen LogP contribution in [0.1, 0.15) is 26.3 Å². The second kappa shape index (κ2) is 9.88. The minimum atomic E-state index is 0. The quantitative estimate of drug-likeness (QED) is 0.197. The van der Waals surface area contributed by atoms with Crippen LogP contribution in [0.25, 0.3) is 39.6 Å². The average Bonchev–Trinajstić information content (AvgIpc) is 3.30. The van der Waals surface area contributed by atoms with Crippen LogP contribution in [-0.4, -0.2) is 14.8 Å². The first-order valence-electron chi connectivity index (χ1n) is 11.2. The van der Waals surface area contributed by atoms with Crippen molar-refractivity contribution in [1.82, 2.24) is 14.8 Å². The Labute approximate surface area is 214 Å². The van der Waals surface area contributed by atoms with E-state index in [9.17, 15) is 0 Å². The summed E-state index contributed by atoms with van der Waals surface area (Å²) >= 11 is 0. The first-order valence-corrected chi connectivity index (χ1v) is 11.2. The van der Waals surface area contributed by atoms with Crippen molar-refractivity contribution in [2.45, 2.75) is 26.2 Å². The van der Waals surface area contributed by atoms with Gasteiger partial charge in [-0.15, -0.1) is 41.0 Å².